The third-order valence-corrected chi connectivity index (χ3v) is 5.39. The van der Waals surface area contributed by atoms with Gasteiger partial charge >= 0.3 is 5.97 Å². The molecule has 1 N–H and O–H groups in total. The molecule has 0 radical (unpaired) electrons. The van der Waals surface area contributed by atoms with Crippen molar-refractivity contribution in [3.63, 3.8) is 0 Å². The van der Waals surface area contributed by atoms with Crippen molar-refractivity contribution in [3.8, 4) is 0 Å². The van der Waals surface area contributed by atoms with E-state index in [2.05, 4.69) is 0 Å². The monoisotopic (exact) mass is 360 g/mol. The van der Waals surface area contributed by atoms with E-state index in [1.807, 2.05) is 42.1 Å². The molecule has 0 atom stereocenters. The minimum Gasteiger partial charge on any atom is -0.480 e. The Hall–Kier alpha value is -2.12. The maximum absolute atomic E-state index is 12.7. The Morgan fingerprint density at radius 2 is 2.00 bits per heavy atom. The van der Waals surface area contributed by atoms with Crippen LogP contribution in [-0.4, -0.2) is 36.3 Å². The van der Waals surface area contributed by atoms with Gasteiger partial charge in [0.15, 0.2) is 0 Å². The molecule has 3 rings (SSSR count). The van der Waals surface area contributed by atoms with Crippen LogP contribution in [0.3, 0.4) is 0 Å². The largest absolute Gasteiger partial charge is 0.480 e. The zero-order valence-corrected chi connectivity index (χ0v) is 15.1. The van der Waals surface area contributed by atoms with Crippen molar-refractivity contribution in [3.05, 3.63) is 40.9 Å². The molecule has 1 saturated heterocycles. The highest BCUT2D eigenvalue weighted by Gasteiger charge is 2.46. The number of carbonyl (C=O) groups excluding carboxylic acids is 1. The minimum absolute atomic E-state index is 0.263. The molecule has 1 aromatic carbocycles. The summed E-state index contributed by atoms with van der Waals surface area (Å²) < 4.78 is 2.25. The second kappa shape index (κ2) is 5.75. The number of carboxylic acids is 1. The molecule has 1 fully saturated rings. The van der Waals surface area contributed by atoms with Crippen molar-refractivity contribution in [2.75, 3.05) is 0 Å². The van der Waals surface area contributed by atoms with E-state index in [1.54, 1.807) is 6.08 Å². The summed E-state index contributed by atoms with van der Waals surface area (Å²) in [5.41, 5.74) is 0.585. The van der Waals surface area contributed by atoms with Crippen LogP contribution in [0.2, 0.25) is 0 Å². The Morgan fingerprint density at radius 1 is 1.33 bits per heavy atom. The molecule has 1 aliphatic rings. The molecule has 5 nitrogen and oxygen atoms in total. The quantitative estimate of drug-likeness (QED) is 0.672. The summed E-state index contributed by atoms with van der Waals surface area (Å²) in [6, 6.07) is 7.90. The molecule has 124 valence electrons. The molecule has 0 saturated carbocycles. The van der Waals surface area contributed by atoms with E-state index in [0.717, 1.165) is 28.2 Å². The van der Waals surface area contributed by atoms with Gasteiger partial charge in [-0.15, -0.1) is 0 Å². The summed E-state index contributed by atoms with van der Waals surface area (Å²) in [4.78, 5) is 25.8. The van der Waals surface area contributed by atoms with Crippen LogP contribution in [0.15, 0.2) is 35.4 Å². The summed E-state index contributed by atoms with van der Waals surface area (Å²) in [5, 5.41) is 10.4. The molecule has 1 aromatic heterocycles. The number of benzene rings is 1. The number of thiocarbonyl (C=S) groups is 1. The van der Waals surface area contributed by atoms with Crippen molar-refractivity contribution < 1.29 is 14.7 Å². The van der Waals surface area contributed by atoms with Crippen molar-refractivity contribution in [2.45, 2.75) is 19.4 Å². The predicted octanol–water partition coefficient (Wildman–Crippen LogP) is 3.24. The van der Waals surface area contributed by atoms with Crippen molar-refractivity contribution in [1.29, 1.82) is 0 Å². The number of aliphatic carboxylic acids is 1. The van der Waals surface area contributed by atoms with Gasteiger partial charge in [-0.05, 0) is 26.0 Å². The lowest BCUT2D eigenvalue weighted by Gasteiger charge is -2.29. The molecule has 1 amide bonds. The smallest absolute Gasteiger partial charge is 0.329 e. The van der Waals surface area contributed by atoms with Gasteiger partial charge in [0.05, 0.1) is 4.91 Å². The number of para-hydroxylation sites is 1. The molecule has 0 spiro atoms. The normalized spacial score (nSPS) is 17.3. The maximum atomic E-state index is 12.7. The second-order valence-corrected chi connectivity index (χ2v) is 7.77. The van der Waals surface area contributed by atoms with E-state index >= 15 is 0 Å². The van der Waals surface area contributed by atoms with Gasteiger partial charge in [-0.2, -0.15) is 0 Å². The van der Waals surface area contributed by atoms with Crippen LogP contribution in [0.4, 0.5) is 0 Å². The number of rotatable bonds is 3. The topological polar surface area (TPSA) is 62.5 Å². The fourth-order valence-electron chi connectivity index (χ4n) is 2.67. The number of thioether (sulfide) groups is 1. The fraction of sp³-hybridized carbons (Fsp3) is 0.235. The summed E-state index contributed by atoms with van der Waals surface area (Å²) in [6.45, 7) is 2.95. The van der Waals surface area contributed by atoms with Crippen molar-refractivity contribution in [1.82, 2.24) is 9.47 Å². The zero-order valence-electron chi connectivity index (χ0n) is 13.4. The van der Waals surface area contributed by atoms with Gasteiger partial charge in [-0.1, -0.05) is 42.2 Å². The summed E-state index contributed by atoms with van der Waals surface area (Å²) >= 11 is 6.37. The number of aromatic nitrogens is 1. The second-order valence-electron chi connectivity index (χ2n) is 6.09. The molecular weight excluding hydrogens is 344 g/mol. The molecule has 0 unspecified atom stereocenters. The third-order valence-electron chi connectivity index (χ3n) is 4.09. The number of hydrogen-bond acceptors (Lipinski definition) is 4. The minimum atomic E-state index is -1.38. The van der Waals surface area contributed by atoms with Crippen LogP contribution in [0.25, 0.3) is 17.0 Å². The molecule has 2 aromatic rings. The number of carboxylic acid groups (broad SMARTS) is 1. The van der Waals surface area contributed by atoms with Crippen molar-refractivity contribution in [2.24, 2.45) is 7.05 Å². The lowest BCUT2D eigenvalue weighted by atomic mass is 10.0. The molecule has 24 heavy (non-hydrogen) atoms. The van der Waals surface area contributed by atoms with Gasteiger partial charge in [-0.25, -0.2) is 4.79 Å². The van der Waals surface area contributed by atoms with Crippen molar-refractivity contribution >= 4 is 57.2 Å². The number of nitrogens with zero attached hydrogens (tertiary/aromatic N) is 2. The van der Waals surface area contributed by atoms with Crippen LogP contribution >= 0.6 is 24.0 Å². The van der Waals surface area contributed by atoms with Crippen LogP contribution < -0.4 is 0 Å². The van der Waals surface area contributed by atoms with Crippen LogP contribution in [0, 0.1) is 0 Å². The van der Waals surface area contributed by atoms with E-state index < -0.39 is 11.5 Å². The van der Waals surface area contributed by atoms with E-state index in [0.29, 0.717) is 4.91 Å². The lowest BCUT2D eigenvalue weighted by Crippen LogP contribution is -2.52. The fourth-order valence-corrected chi connectivity index (χ4v) is 4.21. The van der Waals surface area contributed by atoms with Gasteiger partial charge in [0, 0.05) is 29.7 Å². The number of hydrogen-bond donors (Lipinski definition) is 1. The third kappa shape index (κ3) is 2.53. The number of aryl methyl sites for hydroxylation is 1. The van der Waals surface area contributed by atoms with Gasteiger partial charge in [-0.3, -0.25) is 9.69 Å². The first-order valence-corrected chi connectivity index (χ1v) is 8.51. The Bertz CT molecular complexity index is 912. The average molecular weight is 360 g/mol. The maximum Gasteiger partial charge on any atom is 0.329 e. The SMILES string of the molecule is Cn1cc(/C=C2\SC(=S)N(C(C)(C)C(=O)O)C2=O)c2ccccc21. The Morgan fingerprint density at radius 3 is 2.67 bits per heavy atom. The molecule has 1 aliphatic heterocycles. The summed E-state index contributed by atoms with van der Waals surface area (Å²) in [6.07, 6.45) is 3.72. The first kappa shape index (κ1) is 16.7. The molecule has 7 heteroatoms. The Kier molecular flexibility index (Phi) is 4.01. The highest BCUT2D eigenvalue weighted by atomic mass is 32.2. The van der Waals surface area contributed by atoms with E-state index in [-0.39, 0.29) is 10.2 Å². The van der Waals surface area contributed by atoms with Crippen LogP contribution in [0.1, 0.15) is 19.4 Å². The molecular formula is C17H16N2O3S2. The van der Waals surface area contributed by atoms with Crippen LogP contribution in [-0.2, 0) is 16.6 Å². The lowest BCUT2D eigenvalue weighted by molar-refractivity contribution is -0.150. The summed E-state index contributed by atoms with van der Waals surface area (Å²) in [7, 11) is 1.94. The summed E-state index contributed by atoms with van der Waals surface area (Å²) in [5.74, 6) is -1.46. The van der Waals surface area contributed by atoms with E-state index in [9.17, 15) is 14.7 Å². The van der Waals surface area contributed by atoms with Gasteiger partial charge in [0.2, 0.25) is 0 Å². The first-order valence-electron chi connectivity index (χ1n) is 7.29. The zero-order chi connectivity index (χ0) is 17.6. The van der Waals surface area contributed by atoms with Gasteiger partial charge in [0.1, 0.15) is 9.86 Å². The molecule has 0 aliphatic carbocycles. The highest BCUT2D eigenvalue weighted by Crippen LogP contribution is 2.38. The Labute approximate surface area is 148 Å². The molecule has 0 bridgehead atoms. The highest BCUT2D eigenvalue weighted by molar-refractivity contribution is 8.26. The standard InChI is InChI=1S/C17H16N2O3S2/c1-17(2,15(21)22)19-14(20)13(24-16(19)23)8-10-9-18(3)12-7-5-4-6-11(10)12/h4-9H,1-3H3,(H,21,22)/b13-8-. The van der Waals surface area contributed by atoms with E-state index in [1.165, 1.54) is 18.7 Å². The molecule has 2 heterocycles. The number of amides is 1. The van der Waals surface area contributed by atoms with Crippen LogP contribution in [0.5, 0.6) is 0 Å². The Balaban J connectivity index is 2.04. The number of carbonyl (C=O) groups is 2. The average Bonchev–Trinajstić information content (AvgIpc) is 2.98. The predicted molar refractivity (Wildman–Crippen MR) is 99.6 cm³/mol. The van der Waals surface area contributed by atoms with E-state index in [4.69, 9.17) is 12.2 Å². The van der Waals surface area contributed by atoms with Gasteiger partial charge < -0.3 is 9.67 Å². The number of fused-ring (bicyclic) bond motifs is 1. The first-order chi connectivity index (χ1) is 11.2. The van der Waals surface area contributed by atoms with Gasteiger partial charge in [0.25, 0.3) is 5.91 Å².